The highest BCUT2D eigenvalue weighted by atomic mass is 16.5. The van der Waals surface area contributed by atoms with Gasteiger partial charge in [0.05, 0.1) is 7.11 Å². The third-order valence-corrected chi connectivity index (χ3v) is 6.26. The molecule has 3 nitrogen and oxygen atoms in total. The van der Waals surface area contributed by atoms with Crippen LogP contribution in [0.25, 0.3) is 21.9 Å². The van der Waals surface area contributed by atoms with Gasteiger partial charge in [0.25, 0.3) is 0 Å². The van der Waals surface area contributed by atoms with Crippen LogP contribution in [0.15, 0.2) is 54.6 Å². The van der Waals surface area contributed by atoms with Gasteiger partial charge in [0, 0.05) is 48.5 Å². The molecule has 0 unspecified atom stereocenters. The number of anilines is 2. The molecule has 0 N–H and O–H groups in total. The van der Waals surface area contributed by atoms with E-state index < -0.39 is 0 Å². The Hall–Kier alpha value is -2.68. The van der Waals surface area contributed by atoms with Crippen molar-refractivity contribution in [2.24, 2.45) is 0 Å². The molecule has 5 rings (SSSR count). The first-order valence-electron chi connectivity index (χ1n) is 10.6. The van der Waals surface area contributed by atoms with E-state index in [1.54, 1.807) is 7.11 Å². The summed E-state index contributed by atoms with van der Waals surface area (Å²) in [6.45, 7) is 4.61. The van der Waals surface area contributed by atoms with Crippen molar-refractivity contribution >= 4 is 22.1 Å². The highest BCUT2D eigenvalue weighted by Crippen LogP contribution is 2.45. The zero-order valence-electron chi connectivity index (χ0n) is 16.7. The molecule has 0 radical (unpaired) electrons. The number of hydrogen-bond donors (Lipinski definition) is 0. The fraction of sp³-hybridized carbons (Fsp3) is 0.360. The van der Waals surface area contributed by atoms with Crippen molar-refractivity contribution in [1.82, 2.24) is 0 Å². The van der Waals surface area contributed by atoms with Crippen LogP contribution in [0, 0.1) is 0 Å². The largest absolute Gasteiger partial charge is 0.497 e. The number of ether oxygens (including phenoxy) is 1. The summed E-state index contributed by atoms with van der Waals surface area (Å²) in [6.07, 6.45) is 5.14. The molecule has 0 amide bonds. The van der Waals surface area contributed by atoms with Gasteiger partial charge in [-0.3, -0.25) is 0 Å². The first-order valence-corrected chi connectivity index (χ1v) is 10.6. The minimum atomic E-state index is 0.927. The maximum absolute atomic E-state index is 5.62. The second-order valence-corrected chi connectivity index (χ2v) is 7.96. The normalized spacial score (nSPS) is 16.9. The smallest absolute Gasteiger partial charge is 0.119 e. The minimum absolute atomic E-state index is 0.927. The van der Waals surface area contributed by atoms with E-state index in [-0.39, 0.29) is 0 Å². The average molecular weight is 373 g/mol. The van der Waals surface area contributed by atoms with Gasteiger partial charge in [-0.05, 0) is 60.9 Å². The molecule has 3 heteroatoms. The van der Waals surface area contributed by atoms with Crippen molar-refractivity contribution in [2.45, 2.75) is 25.7 Å². The Morgan fingerprint density at radius 1 is 0.679 bits per heavy atom. The lowest BCUT2D eigenvalue weighted by molar-refractivity contribution is 0.415. The van der Waals surface area contributed by atoms with Gasteiger partial charge >= 0.3 is 0 Å². The van der Waals surface area contributed by atoms with E-state index in [1.807, 2.05) is 0 Å². The summed E-state index contributed by atoms with van der Waals surface area (Å²) in [5.41, 5.74) is 5.40. The van der Waals surface area contributed by atoms with E-state index >= 15 is 0 Å². The molecule has 0 saturated carbocycles. The first kappa shape index (κ1) is 17.4. The van der Waals surface area contributed by atoms with E-state index in [2.05, 4.69) is 64.4 Å². The van der Waals surface area contributed by atoms with E-state index in [0.29, 0.717) is 0 Å². The predicted molar refractivity (Wildman–Crippen MR) is 119 cm³/mol. The molecule has 2 aliphatic heterocycles. The van der Waals surface area contributed by atoms with Crippen molar-refractivity contribution in [3.8, 4) is 16.9 Å². The zero-order valence-corrected chi connectivity index (χ0v) is 16.7. The summed E-state index contributed by atoms with van der Waals surface area (Å²) in [4.78, 5) is 5.16. The maximum Gasteiger partial charge on any atom is 0.119 e. The van der Waals surface area contributed by atoms with Gasteiger partial charge in [0.15, 0.2) is 0 Å². The van der Waals surface area contributed by atoms with Gasteiger partial charge in [0.2, 0.25) is 0 Å². The number of nitrogens with zero attached hydrogens (tertiary/aromatic N) is 2. The summed E-state index contributed by atoms with van der Waals surface area (Å²) in [7, 11) is 1.76. The molecular weight excluding hydrogens is 344 g/mol. The topological polar surface area (TPSA) is 15.7 Å². The van der Waals surface area contributed by atoms with Crippen LogP contribution in [0.1, 0.15) is 25.7 Å². The van der Waals surface area contributed by atoms with Gasteiger partial charge in [-0.15, -0.1) is 0 Å². The average Bonchev–Trinajstić information content (AvgIpc) is 3.47. The first-order chi connectivity index (χ1) is 13.8. The van der Waals surface area contributed by atoms with Crippen LogP contribution in [0.5, 0.6) is 5.75 Å². The molecule has 2 fully saturated rings. The van der Waals surface area contributed by atoms with E-state index in [1.165, 1.54) is 59.0 Å². The summed E-state index contributed by atoms with van der Waals surface area (Å²) in [5.74, 6) is 0.927. The minimum Gasteiger partial charge on any atom is -0.497 e. The standard InChI is InChI=1S/C25H28N2O/c1-28-20-11-12-21-22(17-20)25(19-9-3-2-4-10-19)24(27-15-7-8-16-27)18-23(21)26-13-5-6-14-26/h2-4,9-12,17-18H,5-8,13-16H2,1H3. The van der Waals surface area contributed by atoms with Crippen LogP contribution in [-0.2, 0) is 0 Å². The molecule has 0 aromatic heterocycles. The molecule has 0 bridgehead atoms. The zero-order chi connectivity index (χ0) is 18.9. The third-order valence-electron chi connectivity index (χ3n) is 6.26. The van der Waals surface area contributed by atoms with Crippen molar-refractivity contribution in [2.75, 3.05) is 43.1 Å². The number of fused-ring (bicyclic) bond motifs is 1. The summed E-state index contributed by atoms with van der Waals surface area (Å²) < 4.78 is 5.62. The fourth-order valence-electron chi connectivity index (χ4n) is 4.83. The van der Waals surface area contributed by atoms with Gasteiger partial charge in [-0.1, -0.05) is 30.3 Å². The van der Waals surface area contributed by atoms with Crippen LogP contribution in [-0.4, -0.2) is 33.3 Å². The van der Waals surface area contributed by atoms with Crippen LogP contribution in [0.3, 0.4) is 0 Å². The number of hydrogen-bond acceptors (Lipinski definition) is 3. The Labute approximate surface area is 167 Å². The number of benzene rings is 3. The molecule has 2 heterocycles. The van der Waals surface area contributed by atoms with Crippen LogP contribution in [0.4, 0.5) is 11.4 Å². The Morgan fingerprint density at radius 2 is 1.32 bits per heavy atom. The highest BCUT2D eigenvalue weighted by Gasteiger charge is 2.24. The van der Waals surface area contributed by atoms with E-state index in [0.717, 1.165) is 31.9 Å². The second-order valence-electron chi connectivity index (χ2n) is 7.96. The third kappa shape index (κ3) is 2.99. The molecule has 144 valence electrons. The maximum atomic E-state index is 5.62. The van der Waals surface area contributed by atoms with Crippen LogP contribution < -0.4 is 14.5 Å². The fourth-order valence-corrected chi connectivity index (χ4v) is 4.83. The van der Waals surface area contributed by atoms with Crippen molar-refractivity contribution < 1.29 is 4.74 Å². The number of rotatable bonds is 4. The van der Waals surface area contributed by atoms with Crippen molar-refractivity contribution in [1.29, 1.82) is 0 Å². The second kappa shape index (κ2) is 7.38. The van der Waals surface area contributed by atoms with Crippen molar-refractivity contribution in [3.63, 3.8) is 0 Å². The van der Waals surface area contributed by atoms with E-state index in [9.17, 15) is 0 Å². The monoisotopic (exact) mass is 372 g/mol. The lowest BCUT2D eigenvalue weighted by Crippen LogP contribution is -2.22. The van der Waals surface area contributed by atoms with Crippen molar-refractivity contribution in [3.05, 3.63) is 54.6 Å². The van der Waals surface area contributed by atoms with E-state index in [4.69, 9.17) is 4.74 Å². The quantitative estimate of drug-likeness (QED) is 0.583. The molecule has 0 aliphatic carbocycles. The molecule has 0 spiro atoms. The summed E-state index contributed by atoms with van der Waals surface area (Å²) in [6, 6.07) is 19.9. The lowest BCUT2D eigenvalue weighted by atomic mass is 9.94. The van der Waals surface area contributed by atoms with Crippen LogP contribution in [0.2, 0.25) is 0 Å². The Kier molecular flexibility index (Phi) is 4.59. The summed E-state index contributed by atoms with van der Waals surface area (Å²) >= 11 is 0. The molecule has 3 aromatic rings. The van der Waals surface area contributed by atoms with Gasteiger partial charge < -0.3 is 14.5 Å². The number of methoxy groups -OCH3 is 1. The van der Waals surface area contributed by atoms with Gasteiger partial charge in [-0.2, -0.15) is 0 Å². The van der Waals surface area contributed by atoms with Gasteiger partial charge in [-0.25, -0.2) is 0 Å². The molecular formula is C25H28N2O. The van der Waals surface area contributed by atoms with Gasteiger partial charge in [0.1, 0.15) is 5.75 Å². The summed E-state index contributed by atoms with van der Waals surface area (Å²) in [5, 5.41) is 2.64. The SMILES string of the molecule is COc1ccc2c(N3CCCC3)cc(N3CCCC3)c(-c3ccccc3)c2c1. The molecule has 28 heavy (non-hydrogen) atoms. The van der Waals surface area contributed by atoms with Crippen LogP contribution >= 0.6 is 0 Å². The molecule has 0 atom stereocenters. The molecule has 2 saturated heterocycles. The lowest BCUT2D eigenvalue weighted by Gasteiger charge is -2.28. The Bertz CT molecular complexity index is 971. The predicted octanol–water partition coefficient (Wildman–Crippen LogP) is 5.72. The Balaban J connectivity index is 1.82. The molecule has 3 aromatic carbocycles. The molecule has 2 aliphatic rings. The Morgan fingerprint density at radius 3 is 1.96 bits per heavy atom. The highest BCUT2D eigenvalue weighted by molar-refractivity contribution is 6.09.